The van der Waals surface area contributed by atoms with Gasteiger partial charge in [-0.15, -0.1) is 0 Å². The predicted molar refractivity (Wildman–Crippen MR) is 80.8 cm³/mol. The molecule has 0 radical (unpaired) electrons. The lowest BCUT2D eigenvalue weighted by Gasteiger charge is -2.19. The zero-order valence-corrected chi connectivity index (χ0v) is 12.7. The van der Waals surface area contributed by atoms with E-state index in [2.05, 4.69) is 5.32 Å². The maximum Gasteiger partial charge on any atom is 0.0898 e. The molecule has 0 saturated heterocycles. The molecule has 0 aliphatic rings. The first-order chi connectivity index (χ1) is 9.63. The van der Waals surface area contributed by atoms with E-state index < -0.39 is 6.10 Å². The van der Waals surface area contributed by atoms with Crippen molar-refractivity contribution in [2.75, 3.05) is 26.4 Å². The lowest BCUT2D eigenvalue weighted by molar-refractivity contribution is -0.00387. The molecule has 0 heterocycles. The molecular formula is C16H27NO3. The number of ether oxygens (including phenoxy) is 2. The largest absolute Gasteiger partial charge is 0.389 e. The molecule has 20 heavy (non-hydrogen) atoms. The molecular weight excluding hydrogens is 254 g/mol. The Bertz CT molecular complexity index is 345. The molecule has 1 rings (SSSR count). The summed E-state index contributed by atoms with van der Waals surface area (Å²) in [7, 11) is 0. The number of rotatable bonds is 10. The summed E-state index contributed by atoms with van der Waals surface area (Å²) in [5, 5.41) is 13.1. The van der Waals surface area contributed by atoms with Gasteiger partial charge in [0.15, 0.2) is 0 Å². The van der Waals surface area contributed by atoms with Gasteiger partial charge < -0.3 is 19.9 Å². The number of benzene rings is 1. The Hall–Kier alpha value is -0.940. The number of aliphatic hydroxyl groups is 1. The number of nitrogens with one attached hydrogen (secondary N) is 1. The summed E-state index contributed by atoms with van der Waals surface area (Å²) in [6, 6.07) is 10.2. The van der Waals surface area contributed by atoms with E-state index in [1.54, 1.807) is 0 Å². The normalized spacial score (nSPS) is 15.8. The second kappa shape index (κ2) is 9.88. The van der Waals surface area contributed by atoms with Gasteiger partial charge in [-0.2, -0.15) is 0 Å². The lowest BCUT2D eigenvalue weighted by atomic mass is 10.1. The van der Waals surface area contributed by atoms with Gasteiger partial charge in [-0.25, -0.2) is 0 Å². The monoisotopic (exact) mass is 281 g/mol. The highest BCUT2D eigenvalue weighted by atomic mass is 16.5. The van der Waals surface area contributed by atoms with Gasteiger partial charge in [0.1, 0.15) is 0 Å². The Balaban J connectivity index is 2.18. The van der Waals surface area contributed by atoms with Crippen molar-refractivity contribution in [2.24, 2.45) is 0 Å². The fourth-order valence-corrected chi connectivity index (χ4v) is 1.83. The van der Waals surface area contributed by atoms with Gasteiger partial charge in [0.2, 0.25) is 0 Å². The molecule has 0 amide bonds. The zero-order valence-electron chi connectivity index (χ0n) is 12.7. The summed E-state index contributed by atoms with van der Waals surface area (Å²) in [6.07, 6.45) is -0.517. The highest BCUT2D eigenvalue weighted by Gasteiger charge is 2.11. The molecule has 0 aliphatic carbocycles. The first-order valence-electron chi connectivity index (χ1n) is 7.29. The van der Waals surface area contributed by atoms with Crippen LogP contribution in [0.5, 0.6) is 0 Å². The van der Waals surface area contributed by atoms with Gasteiger partial charge in [-0.05, 0) is 26.3 Å². The molecule has 2 N–H and O–H groups in total. The molecule has 4 nitrogen and oxygen atoms in total. The fourth-order valence-electron chi connectivity index (χ4n) is 1.83. The van der Waals surface area contributed by atoms with Crippen LogP contribution >= 0.6 is 0 Å². The van der Waals surface area contributed by atoms with Gasteiger partial charge in [-0.1, -0.05) is 30.3 Å². The van der Waals surface area contributed by atoms with Gasteiger partial charge in [-0.3, -0.25) is 0 Å². The molecule has 4 heteroatoms. The minimum atomic E-state index is -0.509. The molecule has 1 aromatic carbocycles. The third-order valence-electron chi connectivity index (χ3n) is 3.08. The van der Waals surface area contributed by atoms with Crippen molar-refractivity contribution in [1.29, 1.82) is 0 Å². The van der Waals surface area contributed by atoms with Crippen LogP contribution in [0.25, 0.3) is 0 Å². The zero-order chi connectivity index (χ0) is 14.8. The molecule has 0 aromatic heterocycles. The van der Waals surface area contributed by atoms with Crippen molar-refractivity contribution in [3.05, 3.63) is 35.9 Å². The molecule has 0 saturated carbocycles. The van der Waals surface area contributed by atoms with Crippen LogP contribution in [-0.2, 0) is 9.47 Å². The van der Waals surface area contributed by atoms with Gasteiger partial charge in [0.05, 0.1) is 25.4 Å². The summed E-state index contributed by atoms with van der Waals surface area (Å²) < 4.78 is 11.0. The van der Waals surface area contributed by atoms with E-state index in [9.17, 15) is 5.11 Å². The Kier molecular flexibility index (Phi) is 8.46. The fraction of sp³-hybridized carbons (Fsp3) is 0.625. The third kappa shape index (κ3) is 7.01. The van der Waals surface area contributed by atoms with E-state index in [0.717, 1.165) is 5.56 Å². The Morgan fingerprint density at radius 2 is 1.85 bits per heavy atom. The molecule has 0 bridgehead atoms. The van der Waals surface area contributed by atoms with Crippen molar-refractivity contribution in [3.8, 4) is 0 Å². The minimum absolute atomic E-state index is 0.00769. The van der Waals surface area contributed by atoms with Gasteiger partial charge in [0.25, 0.3) is 0 Å². The van der Waals surface area contributed by atoms with E-state index in [1.165, 1.54) is 0 Å². The SMILES string of the molecule is CCOCC(C)NCC(O)COC(C)c1ccccc1. The first-order valence-corrected chi connectivity index (χ1v) is 7.29. The van der Waals surface area contributed by atoms with Crippen LogP contribution in [0.2, 0.25) is 0 Å². The summed E-state index contributed by atoms with van der Waals surface area (Å²) >= 11 is 0. The third-order valence-corrected chi connectivity index (χ3v) is 3.08. The second-order valence-electron chi connectivity index (χ2n) is 5.01. The quantitative estimate of drug-likeness (QED) is 0.690. The van der Waals surface area contributed by atoms with Crippen molar-refractivity contribution < 1.29 is 14.6 Å². The molecule has 114 valence electrons. The summed E-state index contributed by atoms with van der Waals surface area (Å²) in [5.41, 5.74) is 1.12. The van der Waals surface area contributed by atoms with Crippen molar-refractivity contribution in [3.63, 3.8) is 0 Å². The topological polar surface area (TPSA) is 50.7 Å². The van der Waals surface area contributed by atoms with Crippen molar-refractivity contribution in [1.82, 2.24) is 5.32 Å². The van der Waals surface area contributed by atoms with Crippen molar-refractivity contribution in [2.45, 2.75) is 39.0 Å². The highest BCUT2D eigenvalue weighted by Crippen LogP contribution is 2.15. The van der Waals surface area contributed by atoms with E-state index in [1.807, 2.05) is 51.1 Å². The molecule has 0 fully saturated rings. The Morgan fingerprint density at radius 3 is 2.50 bits per heavy atom. The van der Waals surface area contributed by atoms with E-state index in [0.29, 0.717) is 26.4 Å². The minimum Gasteiger partial charge on any atom is -0.389 e. The molecule has 0 spiro atoms. The molecule has 1 aromatic rings. The number of hydrogen-bond acceptors (Lipinski definition) is 4. The molecule has 0 aliphatic heterocycles. The van der Waals surface area contributed by atoms with Gasteiger partial charge in [0, 0.05) is 19.2 Å². The van der Waals surface area contributed by atoms with Crippen molar-refractivity contribution >= 4 is 0 Å². The molecule has 3 unspecified atom stereocenters. The second-order valence-corrected chi connectivity index (χ2v) is 5.01. The van der Waals surface area contributed by atoms with Crippen LogP contribution in [0.4, 0.5) is 0 Å². The number of hydrogen-bond donors (Lipinski definition) is 2. The highest BCUT2D eigenvalue weighted by molar-refractivity contribution is 5.16. The standard InChI is InChI=1S/C16H27NO3/c1-4-19-11-13(2)17-10-16(18)12-20-14(3)15-8-6-5-7-9-15/h5-9,13-14,16-18H,4,10-12H2,1-3H3. The van der Waals surface area contributed by atoms with Crippen LogP contribution in [0, 0.1) is 0 Å². The maximum atomic E-state index is 9.89. The van der Waals surface area contributed by atoms with Crippen LogP contribution in [-0.4, -0.2) is 43.6 Å². The lowest BCUT2D eigenvalue weighted by Crippen LogP contribution is -2.38. The summed E-state index contributed by atoms with van der Waals surface area (Å²) in [4.78, 5) is 0. The average Bonchev–Trinajstić information content (AvgIpc) is 2.49. The van der Waals surface area contributed by atoms with Crippen LogP contribution in [0.1, 0.15) is 32.4 Å². The summed E-state index contributed by atoms with van der Waals surface area (Å²) in [5.74, 6) is 0. The van der Waals surface area contributed by atoms with Crippen LogP contribution < -0.4 is 5.32 Å². The molecule has 3 atom stereocenters. The van der Waals surface area contributed by atoms with E-state index in [4.69, 9.17) is 9.47 Å². The Morgan fingerprint density at radius 1 is 1.15 bits per heavy atom. The van der Waals surface area contributed by atoms with Crippen LogP contribution in [0.15, 0.2) is 30.3 Å². The Labute approximate surface area is 122 Å². The predicted octanol–water partition coefficient (Wildman–Crippen LogP) is 2.14. The average molecular weight is 281 g/mol. The first kappa shape index (κ1) is 17.1. The smallest absolute Gasteiger partial charge is 0.0898 e. The summed E-state index contributed by atoms with van der Waals surface area (Å²) in [6.45, 7) is 8.21. The van der Waals surface area contributed by atoms with E-state index >= 15 is 0 Å². The number of aliphatic hydroxyl groups excluding tert-OH is 1. The van der Waals surface area contributed by atoms with Gasteiger partial charge >= 0.3 is 0 Å². The van der Waals surface area contributed by atoms with E-state index in [-0.39, 0.29) is 12.1 Å². The van der Waals surface area contributed by atoms with Crippen LogP contribution in [0.3, 0.4) is 0 Å². The maximum absolute atomic E-state index is 9.89.